The van der Waals surface area contributed by atoms with Gasteiger partial charge < -0.3 is 10.5 Å². The third-order valence-corrected chi connectivity index (χ3v) is 4.27. The van der Waals surface area contributed by atoms with Gasteiger partial charge in [-0.2, -0.15) is 0 Å². The largest absolute Gasteiger partial charge is 0.448 e. The Morgan fingerprint density at radius 2 is 2.14 bits per heavy atom. The molecule has 1 aromatic carbocycles. The number of halogens is 1. The zero-order chi connectivity index (χ0) is 16.2. The molecule has 1 rings (SSSR count). The fourth-order valence-electron chi connectivity index (χ4n) is 1.48. The fraction of sp³-hybridized carbons (Fsp3) is 0.300. The van der Waals surface area contributed by atoms with E-state index in [4.69, 9.17) is 17.3 Å². The van der Waals surface area contributed by atoms with Crippen LogP contribution in [-0.4, -0.2) is 32.6 Å². The molecule has 0 atom stereocenters. The lowest BCUT2D eigenvalue weighted by Gasteiger charge is -2.09. The molecule has 0 saturated heterocycles. The van der Waals surface area contributed by atoms with Gasteiger partial charge in [0, 0.05) is 12.6 Å². The highest BCUT2D eigenvalue weighted by atomic mass is 35.5. The fourth-order valence-corrected chi connectivity index (χ4v) is 3.02. The maximum atomic E-state index is 12.0. The van der Waals surface area contributed by atoms with Crippen LogP contribution in [0.5, 0.6) is 0 Å². The summed E-state index contributed by atoms with van der Waals surface area (Å²) in [6.45, 7) is 0.967. The van der Waals surface area contributed by atoms with E-state index >= 15 is 0 Å². The summed E-state index contributed by atoms with van der Waals surface area (Å²) < 4.78 is 30.6. The molecule has 0 aliphatic carbocycles. The minimum atomic E-state index is -4.01. The molecule has 1 amide bonds. The molecule has 3 N–H and O–H groups in total. The van der Waals surface area contributed by atoms with Crippen LogP contribution in [-0.2, 0) is 14.8 Å². The molecule has 0 unspecified atom stereocenters. The first-order valence-electron chi connectivity index (χ1n) is 5.51. The van der Waals surface area contributed by atoms with Crippen molar-refractivity contribution in [1.29, 1.82) is 0 Å². The van der Waals surface area contributed by atoms with Gasteiger partial charge in [0.15, 0.2) is 0 Å². The van der Waals surface area contributed by atoms with E-state index in [1.807, 2.05) is 0 Å². The van der Waals surface area contributed by atoms with Crippen LogP contribution in [0.15, 0.2) is 17.0 Å². The summed E-state index contributed by atoms with van der Waals surface area (Å²) in [5.41, 5.74) is 4.45. The molecule has 0 aliphatic heterocycles. The topological polar surface area (TPSA) is 142 Å². The van der Waals surface area contributed by atoms with Crippen LogP contribution >= 0.6 is 11.6 Å². The number of nitrogens with zero attached hydrogens (tertiary/aromatic N) is 1. The standard InChI is InChI=1S/C10H12ClN3O6S/c1-6-4-7(11)8(14(16)17)5-9(6)21(18,19)13-2-3-20-10(12)15/h4-5,13H,2-3H2,1H3,(H2,12,15). The second-order valence-electron chi connectivity index (χ2n) is 3.89. The molecule has 0 aromatic heterocycles. The lowest BCUT2D eigenvalue weighted by atomic mass is 10.2. The number of hydrogen-bond acceptors (Lipinski definition) is 6. The number of aryl methyl sites for hydroxylation is 1. The minimum absolute atomic E-state index is 0.159. The van der Waals surface area contributed by atoms with E-state index in [9.17, 15) is 23.3 Å². The van der Waals surface area contributed by atoms with E-state index in [0.29, 0.717) is 0 Å². The first-order valence-corrected chi connectivity index (χ1v) is 7.37. The zero-order valence-corrected chi connectivity index (χ0v) is 12.4. The molecular weight excluding hydrogens is 326 g/mol. The Morgan fingerprint density at radius 1 is 1.52 bits per heavy atom. The van der Waals surface area contributed by atoms with Crippen molar-refractivity contribution >= 4 is 33.4 Å². The van der Waals surface area contributed by atoms with Gasteiger partial charge in [0.05, 0.1) is 9.82 Å². The Hall–Kier alpha value is -1.91. The van der Waals surface area contributed by atoms with Crippen molar-refractivity contribution in [3.8, 4) is 0 Å². The molecule has 0 spiro atoms. The van der Waals surface area contributed by atoms with Gasteiger partial charge in [-0.25, -0.2) is 17.9 Å². The molecule has 11 heteroatoms. The van der Waals surface area contributed by atoms with Gasteiger partial charge in [-0.3, -0.25) is 10.1 Å². The van der Waals surface area contributed by atoms with E-state index in [1.54, 1.807) is 0 Å². The van der Waals surface area contributed by atoms with Crippen LogP contribution in [0.25, 0.3) is 0 Å². The van der Waals surface area contributed by atoms with Crippen LogP contribution in [0.1, 0.15) is 5.56 Å². The quantitative estimate of drug-likeness (QED) is 0.449. The second-order valence-corrected chi connectivity index (χ2v) is 6.03. The monoisotopic (exact) mass is 337 g/mol. The molecule has 0 aliphatic rings. The summed E-state index contributed by atoms with van der Waals surface area (Å²) in [5.74, 6) is 0. The number of nitrogens with two attached hydrogens (primary N) is 1. The average molecular weight is 338 g/mol. The van der Waals surface area contributed by atoms with Crippen molar-refractivity contribution < 1.29 is 22.9 Å². The van der Waals surface area contributed by atoms with Crippen molar-refractivity contribution in [3.63, 3.8) is 0 Å². The predicted octanol–water partition coefficient (Wildman–Crippen LogP) is 0.930. The van der Waals surface area contributed by atoms with Crippen molar-refractivity contribution in [2.24, 2.45) is 5.73 Å². The number of sulfonamides is 1. The smallest absolute Gasteiger partial charge is 0.404 e. The van der Waals surface area contributed by atoms with Gasteiger partial charge >= 0.3 is 6.09 Å². The van der Waals surface area contributed by atoms with Crippen LogP contribution in [0.4, 0.5) is 10.5 Å². The Bertz CT molecular complexity index is 676. The number of benzene rings is 1. The molecule has 9 nitrogen and oxygen atoms in total. The summed E-state index contributed by atoms with van der Waals surface area (Å²) in [4.78, 5) is 20.1. The Kier molecular flexibility index (Phi) is 5.47. The van der Waals surface area contributed by atoms with Crippen LogP contribution < -0.4 is 10.5 Å². The van der Waals surface area contributed by atoms with Crippen molar-refractivity contribution in [2.45, 2.75) is 11.8 Å². The van der Waals surface area contributed by atoms with E-state index in [-0.39, 0.29) is 28.6 Å². The molecule has 0 heterocycles. The third-order valence-electron chi connectivity index (χ3n) is 2.37. The highest BCUT2D eigenvalue weighted by molar-refractivity contribution is 7.89. The SMILES string of the molecule is Cc1cc(Cl)c([N+](=O)[O-])cc1S(=O)(=O)NCCOC(N)=O. The van der Waals surface area contributed by atoms with Crippen LogP contribution in [0.2, 0.25) is 5.02 Å². The number of carbonyl (C=O) groups excluding carboxylic acids is 1. The van der Waals surface area contributed by atoms with E-state index in [0.717, 1.165) is 6.07 Å². The predicted molar refractivity (Wildman–Crippen MR) is 73.6 cm³/mol. The van der Waals surface area contributed by atoms with Crippen molar-refractivity contribution in [3.05, 3.63) is 32.8 Å². The minimum Gasteiger partial charge on any atom is -0.448 e. The van der Waals surface area contributed by atoms with E-state index in [2.05, 4.69) is 9.46 Å². The van der Waals surface area contributed by atoms with Crippen LogP contribution in [0.3, 0.4) is 0 Å². The summed E-state index contributed by atoms with van der Waals surface area (Å²) in [6, 6.07) is 2.06. The van der Waals surface area contributed by atoms with Gasteiger partial charge in [0.2, 0.25) is 10.0 Å². The number of nitro benzene ring substituents is 1. The molecule has 1 aromatic rings. The number of amides is 1. The second kappa shape index (κ2) is 6.70. The molecular formula is C10H12ClN3O6S. The highest BCUT2D eigenvalue weighted by Crippen LogP contribution is 2.29. The summed E-state index contributed by atoms with van der Waals surface area (Å²) in [6.07, 6.45) is -1.03. The Morgan fingerprint density at radius 3 is 2.67 bits per heavy atom. The Labute approximate surface area is 125 Å². The first-order chi connectivity index (χ1) is 9.65. The number of nitro groups is 1. The maximum absolute atomic E-state index is 12.0. The third kappa shape index (κ3) is 4.55. The van der Waals surface area contributed by atoms with Gasteiger partial charge in [-0.05, 0) is 18.6 Å². The van der Waals surface area contributed by atoms with Crippen LogP contribution in [0, 0.1) is 17.0 Å². The maximum Gasteiger partial charge on any atom is 0.404 e. The molecule has 0 saturated carbocycles. The van der Waals surface area contributed by atoms with Crippen molar-refractivity contribution in [2.75, 3.05) is 13.2 Å². The summed E-state index contributed by atoms with van der Waals surface area (Å²) >= 11 is 5.68. The number of carbonyl (C=O) groups is 1. The molecule has 0 bridgehead atoms. The number of nitrogens with one attached hydrogen (secondary N) is 1. The number of hydrogen-bond donors (Lipinski definition) is 2. The Balaban J connectivity index is 3.00. The lowest BCUT2D eigenvalue weighted by Crippen LogP contribution is -2.29. The molecule has 21 heavy (non-hydrogen) atoms. The average Bonchev–Trinajstić information content (AvgIpc) is 2.33. The summed E-state index contributed by atoms with van der Waals surface area (Å²) in [7, 11) is -4.01. The van der Waals surface area contributed by atoms with Crippen molar-refractivity contribution in [1.82, 2.24) is 4.72 Å². The van der Waals surface area contributed by atoms with Gasteiger partial charge in [-0.1, -0.05) is 11.6 Å². The zero-order valence-electron chi connectivity index (χ0n) is 10.8. The highest BCUT2D eigenvalue weighted by Gasteiger charge is 2.23. The first kappa shape index (κ1) is 17.1. The van der Waals surface area contributed by atoms with Gasteiger partial charge in [0.25, 0.3) is 5.69 Å². The molecule has 0 radical (unpaired) electrons. The lowest BCUT2D eigenvalue weighted by molar-refractivity contribution is -0.384. The normalized spacial score (nSPS) is 11.1. The van der Waals surface area contributed by atoms with E-state index < -0.39 is 26.7 Å². The number of ether oxygens (including phenoxy) is 1. The number of primary amides is 1. The van der Waals surface area contributed by atoms with E-state index in [1.165, 1.54) is 13.0 Å². The number of rotatable bonds is 6. The van der Waals surface area contributed by atoms with Gasteiger partial charge in [0.1, 0.15) is 11.6 Å². The molecule has 116 valence electrons. The molecule has 0 fully saturated rings. The summed E-state index contributed by atoms with van der Waals surface area (Å²) in [5, 5.41) is 10.6. The van der Waals surface area contributed by atoms with Gasteiger partial charge in [-0.15, -0.1) is 0 Å².